The summed E-state index contributed by atoms with van der Waals surface area (Å²) in [4.78, 5) is 0.226. The third-order valence-electron chi connectivity index (χ3n) is 3.08. The first-order chi connectivity index (χ1) is 10.7. The van der Waals surface area contributed by atoms with Crippen LogP contribution in [-0.2, 0) is 10.0 Å². The van der Waals surface area contributed by atoms with E-state index in [0.29, 0.717) is 5.02 Å². The van der Waals surface area contributed by atoms with E-state index in [9.17, 15) is 8.42 Å². The Bertz CT molecular complexity index is 843. The van der Waals surface area contributed by atoms with Gasteiger partial charge in [0.1, 0.15) is 0 Å². The van der Waals surface area contributed by atoms with E-state index in [2.05, 4.69) is 16.6 Å². The summed E-state index contributed by atoms with van der Waals surface area (Å²) in [6.45, 7) is 5.36. The summed E-state index contributed by atoms with van der Waals surface area (Å²) in [5, 5.41) is 0.634. The molecular weight excluding hydrogens is 330 g/mol. The topological polar surface area (TPSA) is 46.2 Å². The fourth-order valence-electron chi connectivity index (χ4n) is 1.90. The number of hydrogen-bond donors (Lipinski definition) is 1. The van der Waals surface area contributed by atoms with Gasteiger partial charge in [-0.2, -0.15) is 4.72 Å². The van der Waals surface area contributed by atoms with Crippen molar-refractivity contribution in [3.8, 4) is 11.8 Å². The van der Waals surface area contributed by atoms with Gasteiger partial charge in [-0.05, 0) is 57.2 Å². The van der Waals surface area contributed by atoms with Gasteiger partial charge in [-0.25, -0.2) is 8.42 Å². The first kappa shape index (κ1) is 17.6. The lowest BCUT2D eigenvalue weighted by Crippen LogP contribution is -2.42. The van der Waals surface area contributed by atoms with Crippen LogP contribution in [0.3, 0.4) is 0 Å². The highest BCUT2D eigenvalue weighted by molar-refractivity contribution is 7.89. The van der Waals surface area contributed by atoms with Gasteiger partial charge in [0.25, 0.3) is 0 Å². The standard InChI is InChI=1S/C18H18ClNO2S/c1-14-4-10-17(11-5-14)23(21,22)20-18(2,3)13-12-15-6-8-16(19)9-7-15/h4-11,20H,1-3H3. The molecule has 0 spiro atoms. The third-order valence-corrected chi connectivity index (χ3v) is 5.01. The molecule has 2 rings (SSSR count). The largest absolute Gasteiger partial charge is 0.241 e. The number of hydrogen-bond acceptors (Lipinski definition) is 2. The molecule has 3 nitrogen and oxygen atoms in total. The maximum absolute atomic E-state index is 12.4. The first-order valence-corrected chi connectivity index (χ1v) is 8.93. The third kappa shape index (κ3) is 5.11. The molecule has 5 heteroatoms. The molecule has 0 amide bonds. The summed E-state index contributed by atoms with van der Waals surface area (Å²) in [6, 6.07) is 13.8. The van der Waals surface area contributed by atoms with Crippen molar-refractivity contribution in [3.63, 3.8) is 0 Å². The van der Waals surface area contributed by atoms with Crippen LogP contribution in [0, 0.1) is 18.8 Å². The highest BCUT2D eigenvalue weighted by Crippen LogP contribution is 2.14. The fraction of sp³-hybridized carbons (Fsp3) is 0.222. The zero-order chi connectivity index (χ0) is 17.1. The summed E-state index contributed by atoms with van der Waals surface area (Å²) in [7, 11) is -3.62. The SMILES string of the molecule is Cc1ccc(S(=O)(=O)NC(C)(C)C#Cc2ccc(Cl)cc2)cc1. The predicted octanol–water partition coefficient (Wildman–Crippen LogP) is 3.76. The van der Waals surface area contributed by atoms with E-state index in [1.807, 2.05) is 6.92 Å². The molecule has 0 aliphatic heterocycles. The molecule has 1 N–H and O–H groups in total. The van der Waals surface area contributed by atoms with E-state index in [-0.39, 0.29) is 4.90 Å². The van der Waals surface area contributed by atoms with Gasteiger partial charge in [0.2, 0.25) is 10.0 Å². The average molecular weight is 348 g/mol. The lowest BCUT2D eigenvalue weighted by molar-refractivity contribution is 0.539. The minimum Gasteiger partial charge on any atom is -0.207 e. The molecule has 0 heterocycles. The van der Waals surface area contributed by atoms with E-state index in [0.717, 1.165) is 11.1 Å². The Kier molecular flexibility index (Phi) is 5.16. The molecule has 0 fully saturated rings. The number of sulfonamides is 1. The van der Waals surface area contributed by atoms with Crippen molar-refractivity contribution >= 4 is 21.6 Å². The lowest BCUT2D eigenvalue weighted by Gasteiger charge is -2.19. The second-order valence-corrected chi connectivity index (χ2v) is 7.92. The Hall–Kier alpha value is -1.80. The smallest absolute Gasteiger partial charge is 0.207 e. The number of benzene rings is 2. The van der Waals surface area contributed by atoms with E-state index < -0.39 is 15.6 Å². The van der Waals surface area contributed by atoms with Crippen LogP contribution in [0.2, 0.25) is 5.02 Å². The normalized spacial score (nSPS) is 11.7. The van der Waals surface area contributed by atoms with E-state index in [1.165, 1.54) is 0 Å². The molecule has 0 radical (unpaired) electrons. The molecule has 0 aliphatic rings. The van der Waals surface area contributed by atoms with Crippen LogP contribution >= 0.6 is 11.6 Å². The molecule has 0 saturated carbocycles. The zero-order valence-electron chi connectivity index (χ0n) is 13.2. The second kappa shape index (κ2) is 6.76. The van der Waals surface area contributed by atoms with Gasteiger partial charge in [0.05, 0.1) is 10.4 Å². The van der Waals surface area contributed by atoms with E-state index >= 15 is 0 Å². The molecular formula is C18H18ClNO2S. The zero-order valence-corrected chi connectivity index (χ0v) is 14.8. The van der Waals surface area contributed by atoms with Gasteiger partial charge in [0, 0.05) is 10.6 Å². The van der Waals surface area contributed by atoms with E-state index in [4.69, 9.17) is 11.6 Å². The van der Waals surface area contributed by atoms with Crippen molar-refractivity contribution in [2.24, 2.45) is 0 Å². The van der Waals surface area contributed by atoms with Crippen LogP contribution < -0.4 is 4.72 Å². The van der Waals surface area contributed by atoms with Crippen molar-refractivity contribution in [2.45, 2.75) is 31.2 Å². The number of halogens is 1. The molecule has 0 aromatic heterocycles. The average Bonchev–Trinajstić information content (AvgIpc) is 2.46. The second-order valence-electron chi connectivity index (χ2n) is 5.80. The highest BCUT2D eigenvalue weighted by atomic mass is 35.5. The Morgan fingerprint density at radius 1 is 1.00 bits per heavy atom. The van der Waals surface area contributed by atoms with Crippen molar-refractivity contribution < 1.29 is 8.42 Å². The van der Waals surface area contributed by atoms with Gasteiger partial charge in [0.15, 0.2) is 0 Å². The van der Waals surface area contributed by atoms with Crippen molar-refractivity contribution in [3.05, 3.63) is 64.7 Å². The number of rotatable bonds is 3. The van der Waals surface area contributed by atoms with Crippen LogP contribution in [-0.4, -0.2) is 14.0 Å². The van der Waals surface area contributed by atoms with Gasteiger partial charge >= 0.3 is 0 Å². The van der Waals surface area contributed by atoms with Gasteiger partial charge in [-0.1, -0.05) is 41.1 Å². The Labute approximate surface area is 142 Å². The van der Waals surface area contributed by atoms with Gasteiger partial charge in [-0.3, -0.25) is 0 Å². The van der Waals surface area contributed by atoms with Crippen LogP contribution in [0.1, 0.15) is 25.0 Å². The Balaban J connectivity index is 2.20. The molecule has 0 saturated heterocycles. The van der Waals surface area contributed by atoms with Crippen LogP contribution in [0.15, 0.2) is 53.4 Å². The van der Waals surface area contributed by atoms with Crippen LogP contribution in [0.25, 0.3) is 0 Å². The quantitative estimate of drug-likeness (QED) is 0.859. The fourth-order valence-corrected chi connectivity index (χ4v) is 3.36. The van der Waals surface area contributed by atoms with E-state index in [1.54, 1.807) is 62.4 Å². The minimum atomic E-state index is -3.62. The van der Waals surface area contributed by atoms with Gasteiger partial charge < -0.3 is 0 Å². The van der Waals surface area contributed by atoms with Crippen molar-refractivity contribution in [1.82, 2.24) is 4.72 Å². The summed E-state index contributed by atoms with van der Waals surface area (Å²) in [5.41, 5.74) is 0.881. The monoisotopic (exact) mass is 347 g/mol. The van der Waals surface area contributed by atoms with Gasteiger partial charge in [-0.15, -0.1) is 0 Å². The predicted molar refractivity (Wildman–Crippen MR) is 93.9 cm³/mol. The Morgan fingerprint density at radius 2 is 1.57 bits per heavy atom. The number of aryl methyl sites for hydroxylation is 1. The molecule has 0 atom stereocenters. The summed E-state index contributed by atoms with van der Waals surface area (Å²) in [6.07, 6.45) is 0. The molecule has 2 aromatic rings. The van der Waals surface area contributed by atoms with Crippen molar-refractivity contribution in [2.75, 3.05) is 0 Å². The maximum atomic E-state index is 12.4. The molecule has 0 bridgehead atoms. The molecule has 2 aromatic carbocycles. The molecule has 120 valence electrons. The summed E-state index contributed by atoms with van der Waals surface area (Å²) < 4.78 is 27.5. The molecule has 23 heavy (non-hydrogen) atoms. The highest BCUT2D eigenvalue weighted by Gasteiger charge is 2.24. The minimum absolute atomic E-state index is 0.226. The molecule has 0 unspecified atom stereocenters. The van der Waals surface area contributed by atoms with Crippen LogP contribution in [0.5, 0.6) is 0 Å². The molecule has 0 aliphatic carbocycles. The summed E-state index contributed by atoms with van der Waals surface area (Å²) in [5.74, 6) is 5.91. The Morgan fingerprint density at radius 3 is 2.13 bits per heavy atom. The van der Waals surface area contributed by atoms with Crippen molar-refractivity contribution in [1.29, 1.82) is 0 Å². The number of nitrogens with one attached hydrogen (secondary N) is 1. The summed E-state index contributed by atoms with van der Waals surface area (Å²) >= 11 is 5.83. The first-order valence-electron chi connectivity index (χ1n) is 7.07. The van der Waals surface area contributed by atoms with Crippen LogP contribution in [0.4, 0.5) is 0 Å². The maximum Gasteiger partial charge on any atom is 0.241 e. The lowest BCUT2D eigenvalue weighted by atomic mass is 10.1.